The second-order valence-corrected chi connectivity index (χ2v) is 5.16. The number of H-pyrrole nitrogens is 1. The van der Waals surface area contributed by atoms with Gasteiger partial charge in [-0.1, -0.05) is 0 Å². The summed E-state index contributed by atoms with van der Waals surface area (Å²) in [6.07, 6.45) is 4.24. The van der Waals surface area contributed by atoms with E-state index in [0.717, 1.165) is 29.7 Å². The van der Waals surface area contributed by atoms with Crippen molar-refractivity contribution in [3.05, 3.63) is 18.6 Å². The smallest absolute Gasteiger partial charge is 0.407 e. The number of hydrogen-bond donors (Lipinski definition) is 3. The summed E-state index contributed by atoms with van der Waals surface area (Å²) >= 11 is 0. The van der Waals surface area contributed by atoms with Crippen molar-refractivity contribution in [1.82, 2.24) is 19.9 Å². The Morgan fingerprint density at radius 1 is 1.50 bits per heavy atom. The molecule has 1 aliphatic heterocycles. The van der Waals surface area contributed by atoms with Crippen LogP contribution in [0.5, 0.6) is 0 Å². The summed E-state index contributed by atoms with van der Waals surface area (Å²) < 4.78 is 0. The number of nitrogens with zero attached hydrogens (tertiary/aromatic N) is 3. The van der Waals surface area contributed by atoms with Crippen molar-refractivity contribution in [1.29, 1.82) is 0 Å². The Morgan fingerprint density at radius 3 is 3.15 bits per heavy atom. The highest BCUT2D eigenvalue weighted by molar-refractivity contribution is 5.86. The number of likely N-dealkylation sites (tertiary alicyclic amines) is 1. The lowest BCUT2D eigenvalue weighted by Gasteiger charge is -2.36. The van der Waals surface area contributed by atoms with Crippen molar-refractivity contribution < 1.29 is 9.90 Å². The Balaban J connectivity index is 1.78. The van der Waals surface area contributed by atoms with E-state index in [1.54, 1.807) is 0 Å². The number of fused-ring (bicyclic) bond motifs is 1. The molecule has 0 unspecified atom stereocenters. The summed E-state index contributed by atoms with van der Waals surface area (Å²) in [5.41, 5.74) is 0.779. The van der Waals surface area contributed by atoms with Gasteiger partial charge < -0.3 is 20.3 Å². The van der Waals surface area contributed by atoms with E-state index in [9.17, 15) is 9.90 Å². The molecule has 0 radical (unpaired) electrons. The van der Waals surface area contributed by atoms with E-state index in [1.807, 2.05) is 19.2 Å². The van der Waals surface area contributed by atoms with Gasteiger partial charge in [-0.05, 0) is 25.8 Å². The average Bonchev–Trinajstić information content (AvgIpc) is 2.90. The zero-order chi connectivity index (χ0) is 14.1. The molecule has 1 aliphatic rings. The highest BCUT2D eigenvalue weighted by Gasteiger charge is 2.29. The summed E-state index contributed by atoms with van der Waals surface area (Å²) in [7, 11) is 0. The van der Waals surface area contributed by atoms with E-state index < -0.39 is 6.09 Å². The Hall–Kier alpha value is -2.31. The fraction of sp³-hybridized carbons (Fsp3) is 0.462. The van der Waals surface area contributed by atoms with Crippen LogP contribution in [0.1, 0.15) is 19.8 Å². The minimum Gasteiger partial charge on any atom is -0.465 e. The molecule has 0 spiro atoms. The van der Waals surface area contributed by atoms with Crippen LogP contribution in [0.25, 0.3) is 11.0 Å². The number of nitrogens with one attached hydrogen (secondary N) is 2. The molecule has 3 N–H and O–H groups in total. The largest absolute Gasteiger partial charge is 0.465 e. The predicted octanol–water partition coefficient (Wildman–Crippen LogP) is 1.90. The molecule has 106 valence electrons. The van der Waals surface area contributed by atoms with E-state index in [1.165, 1.54) is 11.2 Å². The van der Waals surface area contributed by atoms with E-state index in [2.05, 4.69) is 20.3 Å². The van der Waals surface area contributed by atoms with Crippen molar-refractivity contribution in [2.45, 2.75) is 31.8 Å². The molecule has 0 bridgehead atoms. The monoisotopic (exact) mass is 275 g/mol. The molecule has 3 heterocycles. The Bertz CT molecular complexity index is 626. The van der Waals surface area contributed by atoms with Crippen LogP contribution in [-0.4, -0.2) is 49.7 Å². The Morgan fingerprint density at radius 2 is 2.35 bits per heavy atom. The van der Waals surface area contributed by atoms with Crippen molar-refractivity contribution in [2.24, 2.45) is 0 Å². The van der Waals surface area contributed by atoms with E-state index >= 15 is 0 Å². The lowest BCUT2D eigenvalue weighted by atomic mass is 10.00. The van der Waals surface area contributed by atoms with Gasteiger partial charge in [0.05, 0.1) is 5.39 Å². The summed E-state index contributed by atoms with van der Waals surface area (Å²) in [6, 6.07) is 2.07. The zero-order valence-electron chi connectivity index (χ0n) is 11.2. The normalized spacial score (nSPS) is 22.9. The van der Waals surface area contributed by atoms with Gasteiger partial charge in [0, 0.05) is 24.8 Å². The van der Waals surface area contributed by atoms with Gasteiger partial charge in [-0.25, -0.2) is 14.8 Å². The standard InChI is InChI=1S/C13H17N5O2/c1-8-2-3-9(6-18(8)13(19)20)17-12-10-4-5-14-11(10)15-7-16-12/h4-5,7-9H,2-3,6H2,1H3,(H,19,20)(H2,14,15,16,17)/t8-,9+/m0/s1. The van der Waals surface area contributed by atoms with Crippen LogP contribution in [0.2, 0.25) is 0 Å². The molecule has 20 heavy (non-hydrogen) atoms. The highest BCUT2D eigenvalue weighted by Crippen LogP contribution is 2.23. The van der Waals surface area contributed by atoms with Gasteiger partial charge in [0.1, 0.15) is 17.8 Å². The first-order chi connectivity index (χ1) is 9.65. The van der Waals surface area contributed by atoms with Crippen LogP contribution in [0, 0.1) is 0 Å². The molecule has 1 saturated heterocycles. The number of piperidine rings is 1. The molecule has 2 aromatic heterocycles. The van der Waals surface area contributed by atoms with Crippen molar-refractivity contribution in [2.75, 3.05) is 11.9 Å². The molecule has 7 nitrogen and oxygen atoms in total. The van der Waals surface area contributed by atoms with Gasteiger partial charge in [-0.2, -0.15) is 0 Å². The molecular formula is C13H17N5O2. The maximum atomic E-state index is 11.2. The van der Waals surface area contributed by atoms with Crippen LogP contribution in [0.15, 0.2) is 18.6 Å². The topological polar surface area (TPSA) is 94.1 Å². The second kappa shape index (κ2) is 4.99. The third-order valence-electron chi connectivity index (χ3n) is 3.82. The quantitative estimate of drug-likeness (QED) is 0.778. The number of carboxylic acid groups (broad SMARTS) is 1. The number of rotatable bonds is 2. The number of amides is 1. The van der Waals surface area contributed by atoms with Gasteiger partial charge in [-0.3, -0.25) is 0 Å². The molecule has 0 aliphatic carbocycles. The number of carbonyl (C=O) groups is 1. The number of aromatic amines is 1. The summed E-state index contributed by atoms with van der Waals surface area (Å²) in [6.45, 7) is 2.42. The zero-order valence-corrected chi connectivity index (χ0v) is 11.2. The summed E-state index contributed by atoms with van der Waals surface area (Å²) in [4.78, 5) is 24.1. The third kappa shape index (κ3) is 2.26. The fourth-order valence-corrected chi connectivity index (χ4v) is 2.67. The van der Waals surface area contributed by atoms with Crippen molar-refractivity contribution in [3.63, 3.8) is 0 Å². The predicted molar refractivity (Wildman–Crippen MR) is 74.7 cm³/mol. The van der Waals surface area contributed by atoms with E-state index in [-0.39, 0.29) is 12.1 Å². The van der Waals surface area contributed by atoms with Crippen LogP contribution >= 0.6 is 0 Å². The van der Waals surface area contributed by atoms with Crippen LogP contribution in [0.3, 0.4) is 0 Å². The number of aromatic nitrogens is 3. The maximum absolute atomic E-state index is 11.2. The number of anilines is 1. The van der Waals surface area contributed by atoms with Gasteiger partial charge >= 0.3 is 6.09 Å². The van der Waals surface area contributed by atoms with E-state index in [4.69, 9.17) is 0 Å². The number of hydrogen-bond acceptors (Lipinski definition) is 4. The molecule has 2 atom stereocenters. The highest BCUT2D eigenvalue weighted by atomic mass is 16.4. The lowest BCUT2D eigenvalue weighted by molar-refractivity contribution is 0.108. The molecule has 1 fully saturated rings. The molecule has 7 heteroatoms. The average molecular weight is 275 g/mol. The van der Waals surface area contributed by atoms with Crippen molar-refractivity contribution in [3.8, 4) is 0 Å². The molecule has 0 aromatic carbocycles. The van der Waals surface area contributed by atoms with Gasteiger partial charge in [0.2, 0.25) is 0 Å². The summed E-state index contributed by atoms with van der Waals surface area (Å²) in [5.74, 6) is 0.751. The van der Waals surface area contributed by atoms with Gasteiger partial charge in [0.25, 0.3) is 0 Å². The molecule has 0 saturated carbocycles. The molecular weight excluding hydrogens is 258 g/mol. The maximum Gasteiger partial charge on any atom is 0.407 e. The first-order valence-corrected chi connectivity index (χ1v) is 6.69. The first kappa shape index (κ1) is 12.7. The van der Waals surface area contributed by atoms with Gasteiger partial charge in [-0.15, -0.1) is 0 Å². The Kier molecular flexibility index (Phi) is 3.17. The van der Waals surface area contributed by atoms with E-state index in [0.29, 0.717) is 6.54 Å². The minimum absolute atomic E-state index is 0.0724. The van der Waals surface area contributed by atoms with Crippen molar-refractivity contribution >= 4 is 22.9 Å². The summed E-state index contributed by atoms with van der Waals surface area (Å²) in [5, 5.41) is 13.5. The second-order valence-electron chi connectivity index (χ2n) is 5.16. The first-order valence-electron chi connectivity index (χ1n) is 6.69. The molecule has 1 amide bonds. The molecule has 3 rings (SSSR count). The third-order valence-corrected chi connectivity index (χ3v) is 3.82. The van der Waals surface area contributed by atoms with Crippen LogP contribution in [-0.2, 0) is 0 Å². The van der Waals surface area contributed by atoms with Crippen LogP contribution in [0.4, 0.5) is 10.6 Å². The van der Waals surface area contributed by atoms with Crippen LogP contribution < -0.4 is 5.32 Å². The lowest BCUT2D eigenvalue weighted by Crippen LogP contribution is -2.49. The Labute approximate surface area is 116 Å². The fourth-order valence-electron chi connectivity index (χ4n) is 2.67. The van der Waals surface area contributed by atoms with Gasteiger partial charge in [0.15, 0.2) is 0 Å². The SMILES string of the molecule is C[C@H]1CC[C@@H](Nc2ncnc3[nH]ccc23)CN1C(=O)O. The molecule has 2 aromatic rings. The minimum atomic E-state index is -0.863.